The largest absolute Gasteiger partial charge is 0.264 e. The van der Waals surface area contributed by atoms with Crippen LogP contribution in [0, 0.1) is 11.3 Å². The van der Waals surface area contributed by atoms with Gasteiger partial charge in [0, 0.05) is 6.04 Å². The van der Waals surface area contributed by atoms with Gasteiger partial charge in [0.25, 0.3) is 10.0 Å². The third-order valence-electron chi connectivity index (χ3n) is 3.68. The normalized spacial score (nSPS) is 17.3. The van der Waals surface area contributed by atoms with Crippen LogP contribution in [0.3, 0.4) is 0 Å². The van der Waals surface area contributed by atoms with Crippen molar-refractivity contribution in [2.75, 3.05) is 4.31 Å². The molecule has 2 aromatic rings. The molecule has 1 aliphatic rings. The van der Waals surface area contributed by atoms with Gasteiger partial charge in [0.2, 0.25) is 0 Å². The molecule has 0 radical (unpaired) electrons. The lowest BCUT2D eigenvalue weighted by atomic mass is 10.1. The Morgan fingerprint density at radius 1 is 1.14 bits per heavy atom. The van der Waals surface area contributed by atoms with E-state index < -0.39 is 10.0 Å². The molecule has 0 fully saturated rings. The topological polar surface area (TPSA) is 61.2 Å². The maximum absolute atomic E-state index is 12.9. The lowest BCUT2D eigenvalue weighted by Crippen LogP contribution is -2.35. The second kappa shape index (κ2) is 4.90. The summed E-state index contributed by atoms with van der Waals surface area (Å²) in [6.07, 6.45) is 0.714. The first-order valence-electron chi connectivity index (χ1n) is 6.66. The SMILES string of the molecule is CC1Cc2ccccc2N1S(=O)(=O)c1ccc(C#N)cc1. The summed E-state index contributed by atoms with van der Waals surface area (Å²) in [5.41, 5.74) is 2.24. The minimum absolute atomic E-state index is 0.108. The van der Waals surface area contributed by atoms with Crippen LogP contribution in [0.1, 0.15) is 18.1 Å². The van der Waals surface area contributed by atoms with Crippen LogP contribution in [0.15, 0.2) is 53.4 Å². The van der Waals surface area contributed by atoms with Crippen molar-refractivity contribution in [3.8, 4) is 6.07 Å². The molecule has 0 saturated heterocycles. The van der Waals surface area contributed by atoms with Crippen LogP contribution in [0.4, 0.5) is 5.69 Å². The minimum Gasteiger partial charge on any atom is -0.263 e. The van der Waals surface area contributed by atoms with Crippen LogP contribution < -0.4 is 4.31 Å². The highest BCUT2D eigenvalue weighted by Gasteiger charge is 2.35. The minimum atomic E-state index is -3.60. The summed E-state index contributed by atoms with van der Waals surface area (Å²) in [5, 5.41) is 8.81. The maximum Gasteiger partial charge on any atom is 0.264 e. The van der Waals surface area contributed by atoms with Crippen LogP contribution in [-0.4, -0.2) is 14.5 Å². The second-order valence-corrected chi connectivity index (χ2v) is 6.93. The van der Waals surface area contributed by atoms with Crippen molar-refractivity contribution in [1.29, 1.82) is 5.26 Å². The lowest BCUT2D eigenvalue weighted by Gasteiger charge is -2.24. The molecule has 1 unspecified atom stereocenters. The second-order valence-electron chi connectivity index (χ2n) is 5.12. The first-order chi connectivity index (χ1) is 10.0. The Morgan fingerprint density at radius 2 is 1.81 bits per heavy atom. The molecular formula is C16H14N2O2S. The van der Waals surface area contributed by atoms with E-state index in [2.05, 4.69) is 0 Å². The molecule has 1 atom stereocenters. The van der Waals surface area contributed by atoms with Gasteiger partial charge in [-0.3, -0.25) is 4.31 Å². The summed E-state index contributed by atoms with van der Waals surface area (Å²) in [4.78, 5) is 0.213. The van der Waals surface area contributed by atoms with Crippen molar-refractivity contribution in [2.45, 2.75) is 24.3 Å². The molecule has 3 rings (SSSR count). The average molecular weight is 298 g/mol. The molecule has 106 valence electrons. The molecule has 1 heterocycles. The van der Waals surface area contributed by atoms with Gasteiger partial charge in [-0.25, -0.2) is 8.42 Å². The van der Waals surface area contributed by atoms with E-state index in [1.807, 2.05) is 37.3 Å². The van der Waals surface area contributed by atoms with E-state index in [1.54, 1.807) is 0 Å². The van der Waals surface area contributed by atoms with E-state index >= 15 is 0 Å². The Balaban J connectivity index is 2.08. The van der Waals surface area contributed by atoms with Gasteiger partial charge < -0.3 is 0 Å². The summed E-state index contributed by atoms with van der Waals surface area (Å²) >= 11 is 0. The predicted molar refractivity (Wildman–Crippen MR) is 80.4 cm³/mol. The van der Waals surface area contributed by atoms with E-state index in [4.69, 9.17) is 5.26 Å². The third-order valence-corrected chi connectivity index (χ3v) is 5.63. The highest BCUT2D eigenvalue weighted by atomic mass is 32.2. The van der Waals surface area contributed by atoms with Crippen LogP contribution >= 0.6 is 0 Å². The fourth-order valence-corrected chi connectivity index (χ4v) is 4.41. The number of nitrogens with zero attached hydrogens (tertiary/aromatic N) is 2. The molecule has 0 spiro atoms. The van der Waals surface area contributed by atoms with Crippen molar-refractivity contribution < 1.29 is 8.42 Å². The van der Waals surface area contributed by atoms with Gasteiger partial charge >= 0.3 is 0 Å². The molecule has 0 N–H and O–H groups in total. The highest BCUT2D eigenvalue weighted by Crippen LogP contribution is 2.36. The number of sulfonamides is 1. The molecule has 5 heteroatoms. The summed E-state index contributed by atoms with van der Waals surface area (Å²) in [5.74, 6) is 0. The van der Waals surface area contributed by atoms with Gasteiger partial charge in [-0.05, 0) is 49.2 Å². The summed E-state index contributed by atoms with van der Waals surface area (Å²) in [6.45, 7) is 1.90. The number of benzene rings is 2. The third kappa shape index (κ3) is 2.18. The molecule has 0 bridgehead atoms. The van der Waals surface area contributed by atoms with Crippen LogP contribution in [0.25, 0.3) is 0 Å². The number of hydrogen-bond donors (Lipinski definition) is 0. The zero-order valence-corrected chi connectivity index (χ0v) is 12.3. The smallest absolute Gasteiger partial charge is 0.263 e. The monoisotopic (exact) mass is 298 g/mol. The molecule has 21 heavy (non-hydrogen) atoms. The molecule has 0 aromatic heterocycles. The molecule has 1 aliphatic heterocycles. The number of nitriles is 1. The molecule has 0 saturated carbocycles. The van der Waals surface area contributed by atoms with Crippen molar-refractivity contribution in [3.05, 3.63) is 59.7 Å². The van der Waals surface area contributed by atoms with Gasteiger partial charge in [0.1, 0.15) is 0 Å². The Hall–Kier alpha value is -2.32. The van der Waals surface area contributed by atoms with Crippen molar-refractivity contribution in [3.63, 3.8) is 0 Å². The van der Waals surface area contributed by atoms with Crippen LogP contribution in [0.2, 0.25) is 0 Å². The maximum atomic E-state index is 12.9. The average Bonchev–Trinajstić information content (AvgIpc) is 2.83. The van der Waals surface area contributed by atoms with E-state index in [-0.39, 0.29) is 10.9 Å². The standard InChI is InChI=1S/C16H14N2O2S/c1-12-10-14-4-2-3-5-16(14)18(12)21(19,20)15-8-6-13(11-17)7-9-15/h2-9,12H,10H2,1H3. The lowest BCUT2D eigenvalue weighted by molar-refractivity contribution is 0.584. The summed E-state index contributed by atoms with van der Waals surface area (Å²) in [6, 6.07) is 15.5. The number of fused-ring (bicyclic) bond motifs is 1. The van der Waals surface area contributed by atoms with E-state index in [0.29, 0.717) is 12.0 Å². The van der Waals surface area contributed by atoms with E-state index in [0.717, 1.165) is 11.3 Å². The zero-order chi connectivity index (χ0) is 15.0. The number of hydrogen-bond acceptors (Lipinski definition) is 3. The van der Waals surface area contributed by atoms with Crippen molar-refractivity contribution in [2.24, 2.45) is 0 Å². The molecule has 0 amide bonds. The molecule has 0 aliphatic carbocycles. The van der Waals surface area contributed by atoms with Crippen molar-refractivity contribution >= 4 is 15.7 Å². The number of para-hydroxylation sites is 1. The van der Waals surface area contributed by atoms with Crippen molar-refractivity contribution in [1.82, 2.24) is 0 Å². The molecule has 2 aromatic carbocycles. The Bertz CT molecular complexity index is 820. The van der Waals surface area contributed by atoms with E-state index in [1.165, 1.54) is 28.6 Å². The number of rotatable bonds is 2. The fraction of sp³-hybridized carbons (Fsp3) is 0.188. The summed E-state index contributed by atoms with van der Waals surface area (Å²) < 4.78 is 27.2. The first kappa shape index (κ1) is 13.7. The summed E-state index contributed by atoms with van der Waals surface area (Å²) in [7, 11) is -3.60. The Kier molecular flexibility index (Phi) is 3.19. The zero-order valence-electron chi connectivity index (χ0n) is 11.5. The Morgan fingerprint density at radius 3 is 2.48 bits per heavy atom. The van der Waals surface area contributed by atoms with E-state index in [9.17, 15) is 8.42 Å². The van der Waals surface area contributed by atoms with Gasteiger partial charge in [0.05, 0.1) is 22.2 Å². The van der Waals surface area contributed by atoms with Gasteiger partial charge in [-0.1, -0.05) is 18.2 Å². The van der Waals surface area contributed by atoms with Crippen LogP contribution in [-0.2, 0) is 16.4 Å². The fourth-order valence-electron chi connectivity index (χ4n) is 2.72. The van der Waals surface area contributed by atoms with Gasteiger partial charge in [0.15, 0.2) is 0 Å². The van der Waals surface area contributed by atoms with Gasteiger partial charge in [-0.15, -0.1) is 0 Å². The molecule has 4 nitrogen and oxygen atoms in total. The molecular weight excluding hydrogens is 284 g/mol. The predicted octanol–water partition coefficient (Wildman–Crippen LogP) is 2.70. The number of anilines is 1. The van der Waals surface area contributed by atoms with Gasteiger partial charge in [-0.2, -0.15) is 5.26 Å². The Labute approximate surface area is 124 Å². The first-order valence-corrected chi connectivity index (χ1v) is 8.10. The highest BCUT2D eigenvalue weighted by molar-refractivity contribution is 7.92. The quantitative estimate of drug-likeness (QED) is 0.856. The van der Waals surface area contributed by atoms with Crippen LogP contribution in [0.5, 0.6) is 0 Å².